The Bertz CT molecular complexity index is 253. The average molecular weight is 183 g/mol. The number of rotatable bonds is 1. The maximum Gasteiger partial charge on any atom is 0.0670 e. The summed E-state index contributed by atoms with van der Waals surface area (Å²) in [6, 6.07) is 2.66. The molecule has 1 aliphatic heterocycles. The van der Waals surface area contributed by atoms with Gasteiger partial charge in [-0.15, -0.1) is 11.3 Å². The molecule has 0 aromatic carbocycles. The second-order valence-electron chi connectivity index (χ2n) is 3.11. The van der Waals surface area contributed by atoms with E-state index in [2.05, 4.69) is 23.7 Å². The summed E-state index contributed by atoms with van der Waals surface area (Å²) in [4.78, 5) is 1.40. The predicted octanol–water partition coefficient (Wildman–Crippen LogP) is 1.72. The van der Waals surface area contributed by atoms with Crippen molar-refractivity contribution < 1.29 is 4.74 Å². The van der Waals surface area contributed by atoms with E-state index in [-0.39, 0.29) is 0 Å². The van der Waals surface area contributed by atoms with Gasteiger partial charge in [0.1, 0.15) is 0 Å². The standard InChI is InChI=1S/C9H13NOS/c1-7-4-9(12-6-7)8-5-11-3-2-10-8/h4,6,8,10H,2-3,5H2,1H3/t8-/m0/s1. The SMILES string of the molecule is Cc1csc([C@@H]2COCCN2)c1. The molecule has 0 unspecified atom stereocenters. The molecule has 0 saturated carbocycles. The van der Waals surface area contributed by atoms with E-state index in [0.717, 1.165) is 19.8 Å². The third kappa shape index (κ3) is 1.68. The van der Waals surface area contributed by atoms with Crippen LogP contribution < -0.4 is 5.32 Å². The van der Waals surface area contributed by atoms with Crippen molar-refractivity contribution in [1.82, 2.24) is 5.32 Å². The van der Waals surface area contributed by atoms with Crippen molar-refractivity contribution in [1.29, 1.82) is 0 Å². The largest absolute Gasteiger partial charge is 0.378 e. The van der Waals surface area contributed by atoms with Crippen LogP contribution in [-0.2, 0) is 4.74 Å². The Balaban J connectivity index is 2.08. The lowest BCUT2D eigenvalue weighted by atomic mass is 10.2. The van der Waals surface area contributed by atoms with Crippen LogP contribution in [0.15, 0.2) is 11.4 Å². The van der Waals surface area contributed by atoms with Gasteiger partial charge in [-0.25, -0.2) is 0 Å². The van der Waals surface area contributed by atoms with Crippen molar-refractivity contribution in [3.05, 3.63) is 21.9 Å². The highest BCUT2D eigenvalue weighted by molar-refractivity contribution is 7.10. The van der Waals surface area contributed by atoms with Gasteiger partial charge in [0.25, 0.3) is 0 Å². The fourth-order valence-corrected chi connectivity index (χ4v) is 2.34. The summed E-state index contributed by atoms with van der Waals surface area (Å²) >= 11 is 1.81. The summed E-state index contributed by atoms with van der Waals surface area (Å²) in [6.07, 6.45) is 0. The van der Waals surface area contributed by atoms with Crippen LogP contribution in [0.3, 0.4) is 0 Å². The van der Waals surface area contributed by atoms with E-state index in [9.17, 15) is 0 Å². The van der Waals surface area contributed by atoms with Crippen LogP contribution in [0, 0.1) is 6.92 Å². The van der Waals surface area contributed by atoms with Crippen molar-refractivity contribution >= 4 is 11.3 Å². The van der Waals surface area contributed by atoms with Gasteiger partial charge >= 0.3 is 0 Å². The summed E-state index contributed by atoms with van der Waals surface area (Å²) in [5.74, 6) is 0. The zero-order valence-electron chi connectivity index (χ0n) is 7.17. The fourth-order valence-electron chi connectivity index (χ4n) is 1.38. The molecule has 1 N–H and O–H groups in total. The van der Waals surface area contributed by atoms with E-state index in [4.69, 9.17) is 4.74 Å². The molecule has 1 aromatic heterocycles. The van der Waals surface area contributed by atoms with Gasteiger partial charge in [-0.1, -0.05) is 0 Å². The average Bonchev–Trinajstić information content (AvgIpc) is 2.54. The molecule has 3 heteroatoms. The maximum atomic E-state index is 5.39. The molecular weight excluding hydrogens is 170 g/mol. The molecule has 1 aromatic rings. The summed E-state index contributed by atoms with van der Waals surface area (Å²) in [5.41, 5.74) is 1.35. The molecule has 66 valence electrons. The van der Waals surface area contributed by atoms with Crippen LogP contribution in [0.4, 0.5) is 0 Å². The number of thiophene rings is 1. The summed E-state index contributed by atoms with van der Waals surface area (Å²) in [6.45, 7) is 4.77. The van der Waals surface area contributed by atoms with Gasteiger partial charge in [-0.05, 0) is 23.9 Å². The minimum atomic E-state index is 0.428. The molecule has 1 fully saturated rings. The number of hydrogen-bond acceptors (Lipinski definition) is 3. The first-order valence-electron chi connectivity index (χ1n) is 4.22. The number of ether oxygens (including phenoxy) is 1. The third-order valence-corrected chi connectivity index (χ3v) is 3.18. The van der Waals surface area contributed by atoms with Crippen molar-refractivity contribution in [2.45, 2.75) is 13.0 Å². The molecule has 0 spiro atoms. The first-order chi connectivity index (χ1) is 5.86. The Morgan fingerprint density at radius 3 is 3.17 bits per heavy atom. The Morgan fingerprint density at radius 2 is 2.58 bits per heavy atom. The monoisotopic (exact) mass is 183 g/mol. The van der Waals surface area contributed by atoms with Gasteiger partial charge in [0.2, 0.25) is 0 Å². The zero-order chi connectivity index (χ0) is 8.39. The molecule has 0 radical (unpaired) electrons. The minimum Gasteiger partial charge on any atom is -0.378 e. The van der Waals surface area contributed by atoms with Crippen LogP contribution in [0.2, 0.25) is 0 Å². The fraction of sp³-hybridized carbons (Fsp3) is 0.556. The lowest BCUT2D eigenvalue weighted by Gasteiger charge is -2.22. The second kappa shape index (κ2) is 3.56. The minimum absolute atomic E-state index is 0.428. The van der Waals surface area contributed by atoms with E-state index < -0.39 is 0 Å². The number of morpholine rings is 1. The smallest absolute Gasteiger partial charge is 0.0670 e. The Kier molecular flexibility index (Phi) is 2.44. The van der Waals surface area contributed by atoms with E-state index in [1.165, 1.54) is 10.4 Å². The molecule has 0 amide bonds. The molecule has 0 bridgehead atoms. The highest BCUT2D eigenvalue weighted by Crippen LogP contribution is 2.23. The highest BCUT2D eigenvalue weighted by Gasteiger charge is 2.15. The topological polar surface area (TPSA) is 21.3 Å². The molecular formula is C9H13NOS. The van der Waals surface area contributed by atoms with Gasteiger partial charge in [0, 0.05) is 11.4 Å². The molecule has 2 rings (SSSR count). The predicted molar refractivity (Wildman–Crippen MR) is 50.6 cm³/mol. The summed E-state index contributed by atoms with van der Waals surface area (Å²) in [5, 5.41) is 5.62. The normalized spacial score (nSPS) is 24.2. The van der Waals surface area contributed by atoms with Gasteiger partial charge in [0.05, 0.1) is 19.3 Å². The van der Waals surface area contributed by atoms with Gasteiger partial charge in [-0.2, -0.15) is 0 Å². The molecule has 1 atom stereocenters. The summed E-state index contributed by atoms with van der Waals surface area (Å²) < 4.78 is 5.39. The van der Waals surface area contributed by atoms with Crippen LogP contribution in [-0.4, -0.2) is 19.8 Å². The number of hydrogen-bond donors (Lipinski definition) is 1. The molecule has 2 nitrogen and oxygen atoms in total. The third-order valence-electron chi connectivity index (χ3n) is 2.02. The summed E-state index contributed by atoms with van der Waals surface area (Å²) in [7, 11) is 0. The quantitative estimate of drug-likeness (QED) is 0.715. The Labute approximate surface area is 76.6 Å². The van der Waals surface area contributed by atoms with Gasteiger partial charge in [0.15, 0.2) is 0 Å². The van der Waals surface area contributed by atoms with Crippen LogP contribution in [0.1, 0.15) is 16.5 Å². The van der Waals surface area contributed by atoms with Crippen molar-refractivity contribution in [3.8, 4) is 0 Å². The second-order valence-corrected chi connectivity index (χ2v) is 4.05. The highest BCUT2D eigenvalue weighted by atomic mass is 32.1. The first-order valence-corrected chi connectivity index (χ1v) is 5.10. The van der Waals surface area contributed by atoms with Crippen molar-refractivity contribution in [2.24, 2.45) is 0 Å². The van der Waals surface area contributed by atoms with Crippen LogP contribution in [0.5, 0.6) is 0 Å². The van der Waals surface area contributed by atoms with Gasteiger partial charge < -0.3 is 10.1 Å². The first kappa shape index (κ1) is 8.23. The molecule has 0 aliphatic carbocycles. The van der Waals surface area contributed by atoms with E-state index in [1.807, 2.05) is 11.3 Å². The molecule has 2 heterocycles. The van der Waals surface area contributed by atoms with E-state index >= 15 is 0 Å². The zero-order valence-corrected chi connectivity index (χ0v) is 7.99. The molecule has 1 aliphatic rings. The molecule has 12 heavy (non-hydrogen) atoms. The van der Waals surface area contributed by atoms with Crippen molar-refractivity contribution in [2.75, 3.05) is 19.8 Å². The maximum absolute atomic E-state index is 5.39. The van der Waals surface area contributed by atoms with Crippen LogP contribution >= 0.6 is 11.3 Å². The number of nitrogens with one attached hydrogen (secondary N) is 1. The molecule has 1 saturated heterocycles. The van der Waals surface area contributed by atoms with E-state index in [1.54, 1.807) is 0 Å². The van der Waals surface area contributed by atoms with E-state index in [0.29, 0.717) is 6.04 Å². The van der Waals surface area contributed by atoms with Crippen molar-refractivity contribution in [3.63, 3.8) is 0 Å². The van der Waals surface area contributed by atoms with Crippen LogP contribution in [0.25, 0.3) is 0 Å². The lowest BCUT2D eigenvalue weighted by molar-refractivity contribution is 0.0779. The Hall–Kier alpha value is -0.380. The lowest BCUT2D eigenvalue weighted by Crippen LogP contribution is -2.33. The Morgan fingerprint density at radius 1 is 1.67 bits per heavy atom. The van der Waals surface area contributed by atoms with Gasteiger partial charge in [-0.3, -0.25) is 0 Å². The number of aryl methyl sites for hydroxylation is 1.